The molecular weight excluding hydrogens is 486 g/mol. The Hall–Kier alpha value is -3.64. The molecule has 0 spiro atoms. The van der Waals surface area contributed by atoms with Gasteiger partial charge in [0.05, 0.1) is 7.11 Å². The third kappa shape index (κ3) is 6.69. The van der Waals surface area contributed by atoms with Gasteiger partial charge in [-0.25, -0.2) is 4.79 Å². The van der Waals surface area contributed by atoms with E-state index in [1.165, 1.54) is 18.2 Å². The summed E-state index contributed by atoms with van der Waals surface area (Å²) in [5.41, 5.74) is 6.66. The lowest BCUT2D eigenvalue weighted by Crippen LogP contribution is -2.41. The van der Waals surface area contributed by atoms with Crippen molar-refractivity contribution in [3.63, 3.8) is 0 Å². The average Bonchev–Trinajstić information content (AvgIpc) is 3.31. The lowest BCUT2D eigenvalue weighted by atomic mass is 9.77. The van der Waals surface area contributed by atoms with E-state index in [0.29, 0.717) is 24.8 Å². The average molecular weight is 526 g/mol. The fourth-order valence-electron chi connectivity index (χ4n) is 5.95. The standard InChI is InChI=1S/C33H39N3O3/c1-35-19-20-36(33(38)34-30-7-5-3-4-6-8-30)31-18-17-28(22-29(31)23-35)27-15-13-26(14-16-27)25-11-9-24(10-12-25)21-32(37)39-2/h3,5-8,13-18,22,24-25H,4,9-12,19-21,23H2,1-2H3,(H,34,38). The first-order valence-corrected chi connectivity index (χ1v) is 14.1. The number of anilines is 1. The Labute approximate surface area is 232 Å². The Balaban J connectivity index is 1.29. The molecule has 2 aromatic carbocycles. The van der Waals surface area contributed by atoms with Gasteiger partial charge in [-0.1, -0.05) is 48.6 Å². The molecule has 2 aliphatic carbocycles. The predicted molar refractivity (Wildman–Crippen MR) is 156 cm³/mol. The number of likely N-dealkylation sites (N-methyl/N-ethyl adjacent to an activating group) is 1. The number of esters is 1. The van der Waals surface area contributed by atoms with Crippen LogP contribution in [0.3, 0.4) is 0 Å². The van der Waals surface area contributed by atoms with E-state index in [-0.39, 0.29) is 12.0 Å². The largest absolute Gasteiger partial charge is 0.469 e. The van der Waals surface area contributed by atoms with Gasteiger partial charge in [-0.2, -0.15) is 0 Å². The highest BCUT2D eigenvalue weighted by Gasteiger charge is 2.26. The molecule has 0 radical (unpaired) electrons. The normalized spacial score (nSPS) is 21.4. The fourth-order valence-corrected chi connectivity index (χ4v) is 5.95. The number of carbonyl (C=O) groups excluding carboxylic acids is 2. The number of amides is 2. The highest BCUT2D eigenvalue weighted by Crippen LogP contribution is 2.38. The van der Waals surface area contributed by atoms with E-state index in [0.717, 1.165) is 67.7 Å². The highest BCUT2D eigenvalue weighted by molar-refractivity contribution is 5.94. The molecule has 204 valence electrons. The summed E-state index contributed by atoms with van der Waals surface area (Å²) in [6.45, 7) is 2.24. The predicted octanol–water partition coefficient (Wildman–Crippen LogP) is 6.55. The highest BCUT2D eigenvalue weighted by atomic mass is 16.5. The smallest absolute Gasteiger partial charge is 0.326 e. The van der Waals surface area contributed by atoms with Crippen LogP contribution in [-0.4, -0.2) is 44.1 Å². The minimum absolute atomic E-state index is 0.0925. The third-order valence-corrected chi connectivity index (χ3v) is 8.24. The van der Waals surface area contributed by atoms with Crippen molar-refractivity contribution < 1.29 is 14.3 Å². The van der Waals surface area contributed by atoms with E-state index in [1.807, 2.05) is 29.2 Å². The van der Waals surface area contributed by atoms with Crippen LogP contribution in [0.2, 0.25) is 0 Å². The number of ether oxygens (including phenoxy) is 1. The van der Waals surface area contributed by atoms with Gasteiger partial charge in [-0.05, 0) is 97.5 Å². The van der Waals surface area contributed by atoms with Crippen molar-refractivity contribution >= 4 is 17.7 Å². The van der Waals surface area contributed by atoms with Gasteiger partial charge in [0, 0.05) is 37.4 Å². The number of carbonyl (C=O) groups is 2. The number of fused-ring (bicyclic) bond motifs is 1. The van der Waals surface area contributed by atoms with Crippen molar-refractivity contribution in [2.24, 2.45) is 5.92 Å². The molecule has 0 unspecified atom stereocenters. The molecule has 5 rings (SSSR count). The van der Waals surface area contributed by atoms with Gasteiger partial charge in [0.1, 0.15) is 0 Å². The number of urea groups is 1. The van der Waals surface area contributed by atoms with Crippen molar-refractivity contribution in [2.45, 2.75) is 51.0 Å². The molecule has 0 atom stereocenters. The lowest BCUT2D eigenvalue weighted by molar-refractivity contribution is -0.142. The summed E-state index contributed by atoms with van der Waals surface area (Å²) in [6.07, 6.45) is 15.8. The van der Waals surface area contributed by atoms with Gasteiger partial charge in [-0.3, -0.25) is 9.69 Å². The van der Waals surface area contributed by atoms with E-state index < -0.39 is 0 Å². The van der Waals surface area contributed by atoms with Crippen LogP contribution in [0.5, 0.6) is 0 Å². The Morgan fingerprint density at radius 2 is 1.74 bits per heavy atom. The topological polar surface area (TPSA) is 61.9 Å². The second-order valence-electron chi connectivity index (χ2n) is 11.0. The van der Waals surface area contributed by atoms with Crippen molar-refractivity contribution in [3.05, 3.63) is 89.7 Å². The van der Waals surface area contributed by atoms with E-state index in [2.05, 4.69) is 65.8 Å². The van der Waals surface area contributed by atoms with Gasteiger partial charge in [0.15, 0.2) is 0 Å². The van der Waals surface area contributed by atoms with Crippen LogP contribution in [0.25, 0.3) is 11.1 Å². The molecule has 0 aromatic heterocycles. The van der Waals surface area contributed by atoms with Gasteiger partial charge < -0.3 is 15.0 Å². The maximum absolute atomic E-state index is 13.3. The zero-order valence-electron chi connectivity index (χ0n) is 23.1. The molecule has 6 nitrogen and oxygen atoms in total. The summed E-state index contributed by atoms with van der Waals surface area (Å²) in [4.78, 5) is 29.1. The van der Waals surface area contributed by atoms with Crippen LogP contribution in [0, 0.1) is 5.92 Å². The summed E-state index contributed by atoms with van der Waals surface area (Å²) in [5, 5.41) is 3.08. The van der Waals surface area contributed by atoms with Gasteiger partial charge >= 0.3 is 12.0 Å². The Bertz CT molecular complexity index is 1270. The molecule has 39 heavy (non-hydrogen) atoms. The number of nitrogens with one attached hydrogen (secondary N) is 1. The molecule has 6 heteroatoms. The van der Waals surface area contributed by atoms with Crippen molar-refractivity contribution in [2.75, 3.05) is 32.1 Å². The summed E-state index contributed by atoms with van der Waals surface area (Å²) in [5.74, 6) is 0.907. The zero-order chi connectivity index (χ0) is 27.2. The summed E-state index contributed by atoms with van der Waals surface area (Å²) in [7, 11) is 3.57. The Morgan fingerprint density at radius 3 is 2.51 bits per heavy atom. The summed E-state index contributed by atoms with van der Waals surface area (Å²) in [6, 6.07) is 15.3. The third-order valence-electron chi connectivity index (χ3n) is 8.24. The number of rotatable bonds is 5. The van der Waals surface area contributed by atoms with E-state index in [1.54, 1.807) is 0 Å². The number of methoxy groups -OCH3 is 1. The SMILES string of the molecule is COC(=O)CC1CCC(c2ccc(-c3ccc4c(c3)CN(C)CCN4C(=O)NC3=CC=CCC=C3)cc2)CC1. The first-order valence-electron chi connectivity index (χ1n) is 14.1. The second kappa shape index (κ2) is 12.5. The van der Waals surface area contributed by atoms with E-state index in [4.69, 9.17) is 4.74 Å². The number of hydrogen-bond donors (Lipinski definition) is 1. The maximum Gasteiger partial charge on any atom is 0.326 e. The molecule has 1 fully saturated rings. The minimum atomic E-state index is -0.101. The molecule has 1 saturated carbocycles. The quantitative estimate of drug-likeness (QED) is 0.450. The first-order chi connectivity index (χ1) is 19.0. The number of hydrogen-bond acceptors (Lipinski definition) is 4. The number of benzene rings is 2. The molecule has 0 bridgehead atoms. The Kier molecular flexibility index (Phi) is 8.62. The van der Waals surface area contributed by atoms with E-state index >= 15 is 0 Å². The molecule has 0 saturated heterocycles. The maximum atomic E-state index is 13.3. The molecule has 2 amide bonds. The number of nitrogens with zero attached hydrogens (tertiary/aromatic N) is 2. The van der Waals surface area contributed by atoms with Crippen LogP contribution in [-0.2, 0) is 16.1 Å². The van der Waals surface area contributed by atoms with Crippen LogP contribution < -0.4 is 10.2 Å². The minimum Gasteiger partial charge on any atom is -0.469 e. The lowest BCUT2D eigenvalue weighted by Gasteiger charge is -2.28. The molecule has 1 heterocycles. The van der Waals surface area contributed by atoms with Crippen LogP contribution in [0.15, 0.2) is 78.5 Å². The molecule has 3 aliphatic rings. The number of allylic oxidation sites excluding steroid dienone is 5. The first kappa shape index (κ1) is 26.9. The molecule has 1 aliphatic heterocycles. The summed E-state index contributed by atoms with van der Waals surface area (Å²) >= 11 is 0. The van der Waals surface area contributed by atoms with E-state index in [9.17, 15) is 9.59 Å². The van der Waals surface area contributed by atoms with Crippen molar-refractivity contribution in [3.8, 4) is 11.1 Å². The van der Waals surface area contributed by atoms with Crippen molar-refractivity contribution in [1.82, 2.24) is 10.2 Å². The van der Waals surface area contributed by atoms with Crippen LogP contribution in [0.1, 0.15) is 55.6 Å². The molecular formula is C33H39N3O3. The second-order valence-corrected chi connectivity index (χ2v) is 11.0. The van der Waals surface area contributed by atoms with Gasteiger partial charge in [0.25, 0.3) is 0 Å². The van der Waals surface area contributed by atoms with Crippen LogP contribution in [0.4, 0.5) is 10.5 Å². The van der Waals surface area contributed by atoms with Gasteiger partial charge in [-0.15, -0.1) is 0 Å². The van der Waals surface area contributed by atoms with Crippen molar-refractivity contribution in [1.29, 1.82) is 0 Å². The van der Waals surface area contributed by atoms with Gasteiger partial charge in [0.2, 0.25) is 0 Å². The molecule has 1 N–H and O–H groups in total. The zero-order valence-corrected chi connectivity index (χ0v) is 23.1. The monoisotopic (exact) mass is 525 g/mol. The van der Waals surface area contributed by atoms with Crippen LogP contribution >= 0.6 is 0 Å². The fraction of sp³-hybridized carbons (Fsp3) is 0.394. The Morgan fingerprint density at radius 1 is 0.974 bits per heavy atom. The molecule has 2 aromatic rings. The summed E-state index contributed by atoms with van der Waals surface area (Å²) < 4.78 is 4.85.